The quantitative estimate of drug-likeness (QED) is 0.494. The van der Waals surface area contributed by atoms with E-state index in [0.717, 1.165) is 28.1 Å². The van der Waals surface area contributed by atoms with Crippen molar-refractivity contribution < 1.29 is 22.7 Å². The van der Waals surface area contributed by atoms with E-state index in [0.29, 0.717) is 18.9 Å². The molecule has 2 aromatic carbocycles. The van der Waals surface area contributed by atoms with Crippen molar-refractivity contribution in [3.63, 3.8) is 0 Å². The van der Waals surface area contributed by atoms with Crippen molar-refractivity contribution in [2.24, 2.45) is 0 Å². The fourth-order valence-electron chi connectivity index (χ4n) is 3.40. The van der Waals surface area contributed by atoms with Gasteiger partial charge in [-0.3, -0.25) is 13.9 Å². The number of hydrogen-bond donors (Lipinski definition) is 1. The lowest BCUT2D eigenvalue weighted by Gasteiger charge is -2.32. The van der Waals surface area contributed by atoms with E-state index in [9.17, 15) is 18.0 Å². The van der Waals surface area contributed by atoms with Gasteiger partial charge in [0.2, 0.25) is 21.8 Å². The molecule has 0 fully saturated rings. The molecular weight excluding hydrogens is 454 g/mol. The van der Waals surface area contributed by atoms with Crippen LogP contribution in [0.15, 0.2) is 48.5 Å². The highest BCUT2D eigenvalue weighted by molar-refractivity contribution is 7.92. The number of sulfonamides is 1. The van der Waals surface area contributed by atoms with Crippen LogP contribution in [-0.4, -0.2) is 57.1 Å². The Hall–Kier alpha value is -3.07. The second-order valence-electron chi connectivity index (χ2n) is 8.14. The molecule has 0 spiro atoms. The maximum atomic E-state index is 13.5. The number of anilines is 1. The van der Waals surface area contributed by atoms with Crippen LogP contribution < -0.4 is 14.4 Å². The van der Waals surface area contributed by atoms with Crippen molar-refractivity contribution in [3.8, 4) is 5.75 Å². The summed E-state index contributed by atoms with van der Waals surface area (Å²) in [6.45, 7) is 7.91. The van der Waals surface area contributed by atoms with Gasteiger partial charge < -0.3 is 15.0 Å². The van der Waals surface area contributed by atoms with Crippen molar-refractivity contribution in [2.75, 3.05) is 30.3 Å². The fourth-order valence-corrected chi connectivity index (χ4v) is 4.26. The molecule has 0 saturated heterocycles. The van der Waals surface area contributed by atoms with Crippen molar-refractivity contribution in [2.45, 2.75) is 46.7 Å². The topological polar surface area (TPSA) is 96.0 Å². The normalized spacial score (nSPS) is 12.0. The maximum Gasteiger partial charge on any atom is 0.244 e. The summed E-state index contributed by atoms with van der Waals surface area (Å²) in [7, 11) is -3.82. The van der Waals surface area contributed by atoms with Crippen molar-refractivity contribution in [1.82, 2.24) is 10.2 Å². The number of benzene rings is 2. The van der Waals surface area contributed by atoms with Gasteiger partial charge in [-0.05, 0) is 44.9 Å². The first-order valence-electron chi connectivity index (χ1n) is 11.4. The summed E-state index contributed by atoms with van der Waals surface area (Å²) >= 11 is 0. The Morgan fingerprint density at radius 1 is 1.06 bits per heavy atom. The zero-order chi connectivity index (χ0) is 25.3. The predicted molar refractivity (Wildman–Crippen MR) is 134 cm³/mol. The molecule has 0 saturated carbocycles. The third-order valence-corrected chi connectivity index (χ3v) is 6.43. The van der Waals surface area contributed by atoms with E-state index in [4.69, 9.17) is 4.74 Å². The van der Waals surface area contributed by atoms with Gasteiger partial charge in [0, 0.05) is 13.1 Å². The van der Waals surface area contributed by atoms with Crippen molar-refractivity contribution >= 4 is 27.5 Å². The molecule has 2 rings (SSSR count). The number of nitrogens with one attached hydrogen (secondary N) is 1. The molecule has 2 amide bonds. The second kappa shape index (κ2) is 12.4. The molecule has 186 valence electrons. The summed E-state index contributed by atoms with van der Waals surface area (Å²) in [5, 5.41) is 2.82. The zero-order valence-electron chi connectivity index (χ0n) is 20.6. The van der Waals surface area contributed by atoms with Crippen LogP contribution in [0, 0.1) is 6.92 Å². The lowest BCUT2D eigenvalue weighted by atomic mass is 10.1. The first-order chi connectivity index (χ1) is 16.1. The molecule has 8 nitrogen and oxygen atoms in total. The first kappa shape index (κ1) is 27.2. The highest BCUT2D eigenvalue weighted by Gasteiger charge is 2.31. The number of amides is 2. The van der Waals surface area contributed by atoms with Gasteiger partial charge in [0.25, 0.3) is 0 Å². The first-order valence-corrected chi connectivity index (χ1v) is 13.3. The zero-order valence-corrected chi connectivity index (χ0v) is 21.4. The monoisotopic (exact) mass is 489 g/mol. The summed E-state index contributed by atoms with van der Waals surface area (Å²) in [5.74, 6) is -0.415. The number of hydrogen-bond acceptors (Lipinski definition) is 5. The van der Waals surface area contributed by atoms with Gasteiger partial charge in [-0.15, -0.1) is 0 Å². The number of aryl methyl sites for hydroxylation is 1. The summed E-state index contributed by atoms with van der Waals surface area (Å²) in [6, 6.07) is 13.5. The minimum absolute atomic E-state index is 0.171. The van der Waals surface area contributed by atoms with Crippen LogP contribution >= 0.6 is 0 Å². The third-order valence-electron chi connectivity index (χ3n) is 5.30. The second-order valence-corrected chi connectivity index (χ2v) is 10.1. The SMILES string of the molecule is CCCNC(=O)[C@H](C)N(Cc1ccc(C)cc1)C(=O)CN(c1ccccc1OCC)S(C)(=O)=O. The molecule has 0 aliphatic heterocycles. The van der Waals surface area contributed by atoms with Gasteiger partial charge in [0.15, 0.2) is 0 Å². The Morgan fingerprint density at radius 3 is 2.29 bits per heavy atom. The summed E-state index contributed by atoms with van der Waals surface area (Å²) < 4.78 is 32.0. The molecule has 0 heterocycles. The number of carbonyl (C=O) groups is 2. The van der Waals surface area contributed by atoms with E-state index in [1.807, 2.05) is 38.1 Å². The average Bonchev–Trinajstić information content (AvgIpc) is 2.80. The Morgan fingerprint density at radius 2 is 1.71 bits per heavy atom. The predicted octanol–water partition coefficient (Wildman–Crippen LogP) is 3.10. The number of nitrogens with zero attached hydrogens (tertiary/aromatic N) is 2. The summed E-state index contributed by atoms with van der Waals surface area (Å²) in [6.07, 6.45) is 1.81. The molecule has 0 radical (unpaired) electrons. The van der Waals surface area contributed by atoms with Crippen LogP contribution in [-0.2, 0) is 26.2 Å². The van der Waals surface area contributed by atoms with E-state index in [2.05, 4.69) is 5.32 Å². The van der Waals surface area contributed by atoms with Gasteiger partial charge in [-0.1, -0.05) is 48.9 Å². The van der Waals surface area contributed by atoms with Crippen LogP contribution in [0.3, 0.4) is 0 Å². The highest BCUT2D eigenvalue weighted by Crippen LogP contribution is 2.30. The fraction of sp³-hybridized carbons (Fsp3) is 0.440. The number of para-hydroxylation sites is 2. The summed E-state index contributed by atoms with van der Waals surface area (Å²) in [5.41, 5.74) is 2.19. The summed E-state index contributed by atoms with van der Waals surface area (Å²) in [4.78, 5) is 27.7. The van der Waals surface area contributed by atoms with Gasteiger partial charge in [-0.2, -0.15) is 0 Å². The maximum absolute atomic E-state index is 13.5. The van der Waals surface area contributed by atoms with Gasteiger partial charge in [0.05, 0.1) is 18.6 Å². The van der Waals surface area contributed by atoms with Crippen molar-refractivity contribution in [1.29, 1.82) is 0 Å². The Kier molecular flexibility index (Phi) is 9.92. The Balaban J connectivity index is 2.40. The molecule has 34 heavy (non-hydrogen) atoms. The lowest BCUT2D eigenvalue weighted by Crippen LogP contribution is -2.51. The molecule has 9 heteroatoms. The van der Waals surface area contributed by atoms with Gasteiger partial charge in [0.1, 0.15) is 18.3 Å². The van der Waals surface area contributed by atoms with E-state index < -0.39 is 28.5 Å². The van der Waals surface area contributed by atoms with Gasteiger partial charge >= 0.3 is 0 Å². The molecule has 1 N–H and O–H groups in total. The average molecular weight is 490 g/mol. The number of carbonyl (C=O) groups excluding carboxylic acids is 2. The Bertz CT molecular complexity index is 1070. The minimum atomic E-state index is -3.82. The van der Waals surface area contributed by atoms with E-state index in [-0.39, 0.29) is 18.1 Å². The smallest absolute Gasteiger partial charge is 0.244 e. The van der Waals surface area contributed by atoms with E-state index in [1.165, 1.54) is 4.90 Å². The Labute approximate surface area is 202 Å². The van der Waals surface area contributed by atoms with Gasteiger partial charge in [-0.25, -0.2) is 8.42 Å². The van der Waals surface area contributed by atoms with Crippen LogP contribution in [0.5, 0.6) is 5.75 Å². The van der Waals surface area contributed by atoms with Crippen LogP contribution in [0.2, 0.25) is 0 Å². The van der Waals surface area contributed by atoms with Crippen LogP contribution in [0.25, 0.3) is 0 Å². The molecule has 1 atom stereocenters. The molecular formula is C25H35N3O5S. The lowest BCUT2D eigenvalue weighted by molar-refractivity contribution is -0.139. The molecule has 0 aliphatic rings. The molecule has 0 bridgehead atoms. The third kappa shape index (κ3) is 7.48. The van der Waals surface area contributed by atoms with Crippen LogP contribution in [0.1, 0.15) is 38.3 Å². The van der Waals surface area contributed by atoms with E-state index >= 15 is 0 Å². The minimum Gasteiger partial charge on any atom is -0.492 e. The number of rotatable bonds is 12. The van der Waals surface area contributed by atoms with Crippen LogP contribution in [0.4, 0.5) is 5.69 Å². The largest absolute Gasteiger partial charge is 0.492 e. The molecule has 0 aromatic heterocycles. The standard InChI is InChI=1S/C25H35N3O5S/c1-6-16-26-25(30)20(4)27(17-21-14-12-19(3)13-15-21)24(29)18-28(34(5,31)32)22-10-8-9-11-23(22)33-7-2/h8-15,20H,6-7,16-18H2,1-5H3,(H,26,30)/t20-/m0/s1. The number of ether oxygens (including phenoxy) is 1. The molecule has 0 aliphatic carbocycles. The highest BCUT2D eigenvalue weighted by atomic mass is 32.2. The van der Waals surface area contributed by atoms with E-state index in [1.54, 1.807) is 38.1 Å². The van der Waals surface area contributed by atoms with Crippen molar-refractivity contribution in [3.05, 3.63) is 59.7 Å². The molecule has 2 aromatic rings. The molecule has 0 unspecified atom stereocenters.